The topological polar surface area (TPSA) is 21.3 Å². The van der Waals surface area contributed by atoms with Crippen molar-refractivity contribution < 1.29 is 4.74 Å². The van der Waals surface area contributed by atoms with Crippen LogP contribution in [0.3, 0.4) is 0 Å². The summed E-state index contributed by atoms with van der Waals surface area (Å²) in [5, 5.41) is 3.33. The number of rotatable bonds is 6. The maximum atomic E-state index is 6.05. The number of aryl methyl sites for hydroxylation is 1. The van der Waals surface area contributed by atoms with Crippen molar-refractivity contribution in [2.24, 2.45) is 0 Å². The standard InChI is InChI=1S/C19H25NO/c1-5-20-14-19(3,4)21-18-12-10-17(11-13-18)16-8-6-15(2)7-9-16/h6-13,20H,5,14H2,1-4H3. The molecule has 2 heteroatoms. The van der Waals surface area contributed by atoms with E-state index >= 15 is 0 Å². The second-order valence-corrected chi connectivity index (χ2v) is 6.03. The van der Waals surface area contributed by atoms with Crippen molar-refractivity contribution in [2.75, 3.05) is 13.1 Å². The minimum atomic E-state index is -0.207. The first-order valence-corrected chi connectivity index (χ1v) is 7.57. The molecular formula is C19H25NO. The van der Waals surface area contributed by atoms with Gasteiger partial charge >= 0.3 is 0 Å². The Bertz CT molecular complexity index is 555. The van der Waals surface area contributed by atoms with Crippen molar-refractivity contribution in [1.29, 1.82) is 0 Å². The minimum absolute atomic E-state index is 0.207. The quantitative estimate of drug-likeness (QED) is 0.847. The Balaban J connectivity index is 2.06. The predicted molar refractivity (Wildman–Crippen MR) is 89.9 cm³/mol. The molecule has 0 aromatic heterocycles. The van der Waals surface area contributed by atoms with Gasteiger partial charge in [0.1, 0.15) is 11.4 Å². The summed E-state index contributed by atoms with van der Waals surface area (Å²) in [5.41, 5.74) is 3.52. The molecule has 0 spiro atoms. The highest BCUT2D eigenvalue weighted by atomic mass is 16.5. The Hall–Kier alpha value is -1.80. The highest BCUT2D eigenvalue weighted by Crippen LogP contribution is 2.24. The molecule has 21 heavy (non-hydrogen) atoms. The van der Waals surface area contributed by atoms with Crippen LogP contribution in [0.1, 0.15) is 26.3 Å². The van der Waals surface area contributed by atoms with Crippen molar-refractivity contribution in [2.45, 2.75) is 33.3 Å². The molecule has 2 aromatic rings. The lowest BCUT2D eigenvalue weighted by atomic mass is 10.0. The van der Waals surface area contributed by atoms with Crippen LogP contribution in [0.4, 0.5) is 0 Å². The Labute approximate surface area is 128 Å². The number of hydrogen-bond donors (Lipinski definition) is 1. The third kappa shape index (κ3) is 4.61. The van der Waals surface area contributed by atoms with Crippen LogP contribution in [0.5, 0.6) is 5.75 Å². The van der Waals surface area contributed by atoms with Gasteiger partial charge in [-0.15, -0.1) is 0 Å². The zero-order valence-corrected chi connectivity index (χ0v) is 13.4. The van der Waals surface area contributed by atoms with Gasteiger partial charge in [0.15, 0.2) is 0 Å². The number of ether oxygens (including phenoxy) is 1. The summed E-state index contributed by atoms with van der Waals surface area (Å²) in [6, 6.07) is 16.9. The normalized spacial score (nSPS) is 11.4. The lowest BCUT2D eigenvalue weighted by Gasteiger charge is -2.26. The van der Waals surface area contributed by atoms with Gasteiger partial charge in [-0.05, 0) is 50.6 Å². The highest BCUT2D eigenvalue weighted by Gasteiger charge is 2.18. The summed E-state index contributed by atoms with van der Waals surface area (Å²) in [5.74, 6) is 0.911. The number of nitrogens with one attached hydrogen (secondary N) is 1. The number of hydrogen-bond acceptors (Lipinski definition) is 2. The second kappa shape index (κ2) is 6.77. The molecule has 2 aromatic carbocycles. The van der Waals surface area contributed by atoms with E-state index in [9.17, 15) is 0 Å². The Kier molecular flexibility index (Phi) is 5.03. The lowest BCUT2D eigenvalue weighted by Crippen LogP contribution is -2.40. The van der Waals surface area contributed by atoms with Crippen LogP contribution in [0, 0.1) is 6.92 Å². The third-order valence-corrected chi connectivity index (χ3v) is 3.43. The molecule has 0 bridgehead atoms. The molecular weight excluding hydrogens is 258 g/mol. The second-order valence-electron chi connectivity index (χ2n) is 6.03. The van der Waals surface area contributed by atoms with Crippen molar-refractivity contribution >= 4 is 0 Å². The van der Waals surface area contributed by atoms with Crippen molar-refractivity contribution in [3.8, 4) is 16.9 Å². The largest absolute Gasteiger partial charge is 0.487 e. The minimum Gasteiger partial charge on any atom is -0.487 e. The van der Waals surface area contributed by atoms with E-state index in [4.69, 9.17) is 4.74 Å². The first-order valence-electron chi connectivity index (χ1n) is 7.57. The van der Waals surface area contributed by atoms with Gasteiger partial charge in [0.2, 0.25) is 0 Å². The van der Waals surface area contributed by atoms with E-state index < -0.39 is 0 Å². The SMILES string of the molecule is CCNCC(C)(C)Oc1ccc(-c2ccc(C)cc2)cc1. The maximum Gasteiger partial charge on any atom is 0.120 e. The molecule has 0 radical (unpaired) electrons. The third-order valence-electron chi connectivity index (χ3n) is 3.43. The summed E-state index contributed by atoms with van der Waals surface area (Å²) in [4.78, 5) is 0. The fourth-order valence-electron chi connectivity index (χ4n) is 2.24. The van der Waals surface area contributed by atoms with Gasteiger partial charge < -0.3 is 10.1 Å². The van der Waals surface area contributed by atoms with Gasteiger partial charge in [-0.1, -0.05) is 48.9 Å². The summed E-state index contributed by atoms with van der Waals surface area (Å²) < 4.78 is 6.05. The van der Waals surface area contributed by atoms with E-state index in [0.29, 0.717) is 0 Å². The molecule has 0 unspecified atom stereocenters. The molecule has 0 heterocycles. The van der Waals surface area contributed by atoms with Gasteiger partial charge in [-0.3, -0.25) is 0 Å². The van der Waals surface area contributed by atoms with Crippen LogP contribution >= 0.6 is 0 Å². The van der Waals surface area contributed by atoms with Crippen LogP contribution in [0.25, 0.3) is 11.1 Å². The Morgan fingerprint density at radius 2 is 1.43 bits per heavy atom. The summed E-state index contributed by atoms with van der Waals surface area (Å²) in [7, 11) is 0. The van der Waals surface area contributed by atoms with E-state index in [2.05, 4.69) is 69.4 Å². The number of benzene rings is 2. The van der Waals surface area contributed by atoms with E-state index in [-0.39, 0.29) is 5.60 Å². The average Bonchev–Trinajstić information content (AvgIpc) is 2.47. The summed E-state index contributed by atoms with van der Waals surface area (Å²) in [6.07, 6.45) is 0. The number of likely N-dealkylation sites (N-methyl/N-ethyl adjacent to an activating group) is 1. The Morgan fingerprint density at radius 1 is 0.905 bits per heavy atom. The predicted octanol–water partition coefficient (Wildman–Crippen LogP) is 4.43. The highest BCUT2D eigenvalue weighted by molar-refractivity contribution is 5.64. The molecule has 0 aliphatic rings. The zero-order chi connectivity index (χ0) is 15.3. The molecule has 0 fully saturated rings. The van der Waals surface area contributed by atoms with E-state index in [0.717, 1.165) is 18.8 Å². The molecule has 0 atom stereocenters. The van der Waals surface area contributed by atoms with Gasteiger partial charge in [0.05, 0.1) is 0 Å². The summed E-state index contributed by atoms with van der Waals surface area (Å²) in [6.45, 7) is 10.2. The van der Waals surface area contributed by atoms with Crippen LogP contribution in [0.2, 0.25) is 0 Å². The van der Waals surface area contributed by atoms with Crippen LogP contribution in [0.15, 0.2) is 48.5 Å². The molecule has 0 aliphatic carbocycles. The van der Waals surface area contributed by atoms with Gasteiger partial charge in [-0.2, -0.15) is 0 Å². The van der Waals surface area contributed by atoms with Crippen LogP contribution < -0.4 is 10.1 Å². The van der Waals surface area contributed by atoms with Crippen LogP contribution in [-0.2, 0) is 0 Å². The molecule has 0 saturated carbocycles. The van der Waals surface area contributed by atoms with Crippen molar-refractivity contribution in [1.82, 2.24) is 5.32 Å². The average molecular weight is 283 g/mol. The Morgan fingerprint density at radius 3 is 1.95 bits per heavy atom. The van der Waals surface area contributed by atoms with E-state index in [1.165, 1.54) is 16.7 Å². The molecule has 112 valence electrons. The lowest BCUT2D eigenvalue weighted by molar-refractivity contribution is 0.109. The van der Waals surface area contributed by atoms with Crippen LogP contribution in [-0.4, -0.2) is 18.7 Å². The maximum absolute atomic E-state index is 6.05. The molecule has 0 amide bonds. The van der Waals surface area contributed by atoms with Gasteiger partial charge in [0, 0.05) is 6.54 Å². The van der Waals surface area contributed by atoms with Crippen molar-refractivity contribution in [3.05, 3.63) is 54.1 Å². The smallest absolute Gasteiger partial charge is 0.120 e. The van der Waals surface area contributed by atoms with Crippen molar-refractivity contribution in [3.63, 3.8) is 0 Å². The molecule has 0 saturated heterocycles. The zero-order valence-electron chi connectivity index (χ0n) is 13.4. The summed E-state index contributed by atoms with van der Waals surface area (Å²) >= 11 is 0. The van der Waals surface area contributed by atoms with E-state index in [1.54, 1.807) is 0 Å². The molecule has 1 N–H and O–H groups in total. The monoisotopic (exact) mass is 283 g/mol. The van der Waals surface area contributed by atoms with Gasteiger partial charge in [-0.25, -0.2) is 0 Å². The fourth-order valence-corrected chi connectivity index (χ4v) is 2.24. The molecule has 0 aliphatic heterocycles. The first kappa shape index (κ1) is 15.6. The van der Waals surface area contributed by atoms with Gasteiger partial charge in [0.25, 0.3) is 0 Å². The fraction of sp³-hybridized carbons (Fsp3) is 0.368. The molecule has 2 nitrogen and oxygen atoms in total. The first-order chi connectivity index (χ1) is 10.00. The molecule has 2 rings (SSSR count). The van der Waals surface area contributed by atoms with E-state index in [1.807, 2.05) is 12.1 Å².